The molecule has 0 aliphatic carbocycles. The normalized spacial score (nSPS) is 10.7. The van der Waals surface area contributed by atoms with Gasteiger partial charge in [0.25, 0.3) is 0 Å². The molecule has 2 rings (SSSR count). The summed E-state index contributed by atoms with van der Waals surface area (Å²) in [7, 11) is 4.54. The average Bonchev–Trinajstić information content (AvgIpc) is 2.66. The molecule has 0 aliphatic rings. The predicted molar refractivity (Wildman–Crippen MR) is 102 cm³/mol. The number of carbonyl (C=O) groups excluding carboxylic acids is 1. The van der Waals surface area contributed by atoms with E-state index in [1.807, 2.05) is 25.1 Å². The van der Waals surface area contributed by atoms with Gasteiger partial charge in [0, 0.05) is 11.6 Å². The minimum atomic E-state index is -0.254. The van der Waals surface area contributed by atoms with E-state index in [4.69, 9.17) is 30.5 Å². The lowest BCUT2D eigenvalue weighted by atomic mass is 10.1. The van der Waals surface area contributed by atoms with Crippen LogP contribution in [0.4, 0.5) is 0 Å². The van der Waals surface area contributed by atoms with Crippen molar-refractivity contribution < 1.29 is 23.7 Å². The van der Waals surface area contributed by atoms with Gasteiger partial charge in [-0.05, 0) is 31.2 Å². The Labute approximate surface area is 158 Å². The van der Waals surface area contributed by atoms with Crippen LogP contribution in [0.3, 0.4) is 0 Å². The lowest BCUT2D eigenvalue weighted by Crippen LogP contribution is -2.01. The van der Waals surface area contributed by atoms with Crippen molar-refractivity contribution in [3.05, 3.63) is 52.6 Å². The molecule has 0 aliphatic heterocycles. The molecule has 0 fully saturated rings. The van der Waals surface area contributed by atoms with E-state index in [1.54, 1.807) is 19.3 Å². The van der Waals surface area contributed by atoms with Crippen LogP contribution in [-0.4, -0.2) is 33.7 Å². The third kappa shape index (κ3) is 4.29. The molecule has 0 aromatic heterocycles. The third-order valence-corrected chi connectivity index (χ3v) is 3.96. The van der Waals surface area contributed by atoms with Crippen molar-refractivity contribution in [2.24, 2.45) is 0 Å². The highest BCUT2D eigenvalue weighted by Gasteiger charge is 2.15. The Balaban J connectivity index is 2.36. The first-order chi connectivity index (χ1) is 12.5. The van der Waals surface area contributed by atoms with E-state index in [0.29, 0.717) is 40.2 Å². The van der Waals surface area contributed by atoms with Gasteiger partial charge in [-0.15, -0.1) is 0 Å². The monoisotopic (exact) mass is 376 g/mol. The van der Waals surface area contributed by atoms with Gasteiger partial charge >= 0.3 is 0 Å². The molecular formula is C20H21ClO5. The maximum atomic E-state index is 12.6. The maximum absolute atomic E-state index is 12.6. The number of para-hydroxylation sites is 1. The topological polar surface area (TPSA) is 54.0 Å². The Morgan fingerprint density at radius 3 is 2.38 bits per heavy atom. The lowest BCUT2D eigenvalue weighted by Gasteiger charge is -2.12. The predicted octanol–water partition coefficient (Wildman–Crippen LogP) is 4.66. The van der Waals surface area contributed by atoms with E-state index < -0.39 is 0 Å². The van der Waals surface area contributed by atoms with Gasteiger partial charge < -0.3 is 18.9 Å². The number of allylic oxidation sites excluding steroid dienone is 1. The minimum absolute atomic E-state index is 0.254. The molecule has 5 nitrogen and oxygen atoms in total. The Bertz CT molecular complexity index is 814. The lowest BCUT2D eigenvalue weighted by molar-refractivity contribution is 0.104. The number of benzene rings is 2. The second-order valence-corrected chi connectivity index (χ2v) is 5.60. The van der Waals surface area contributed by atoms with E-state index in [0.717, 1.165) is 5.56 Å². The first kappa shape index (κ1) is 19.7. The summed E-state index contributed by atoms with van der Waals surface area (Å²) in [6.45, 7) is 2.41. The van der Waals surface area contributed by atoms with E-state index in [-0.39, 0.29) is 5.78 Å². The molecule has 26 heavy (non-hydrogen) atoms. The molecule has 2 aromatic rings. The Morgan fingerprint density at radius 1 is 1.04 bits per heavy atom. The van der Waals surface area contributed by atoms with Gasteiger partial charge in [-0.25, -0.2) is 0 Å². The molecule has 0 bridgehead atoms. The fraction of sp³-hybridized carbons (Fsp3) is 0.250. The molecule has 0 heterocycles. The zero-order valence-corrected chi connectivity index (χ0v) is 15.9. The molecule has 0 amide bonds. The van der Waals surface area contributed by atoms with Gasteiger partial charge in [-0.3, -0.25) is 4.79 Å². The minimum Gasteiger partial charge on any atom is -0.496 e. The summed E-state index contributed by atoms with van der Waals surface area (Å²) in [4.78, 5) is 12.6. The summed E-state index contributed by atoms with van der Waals surface area (Å²) >= 11 is 6.13. The molecule has 0 radical (unpaired) electrons. The molecule has 0 N–H and O–H groups in total. The number of hydrogen-bond acceptors (Lipinski definition) is 5. The number of rotatable bonds is 8. The van der Waals surface area contributed by atoms with Crippen LogP contribution in [0.2, 0.25) is 5.02 Å². The van der Waals surface area contributed by atoms with E-state index in [1.165, 1.54) is 26.4 Å². The van der Waals surface area contributed by atoms with E-state index in [2.05, 4.69) is 0 Å². The number of ketones is 1. The maximum Gasteiger partial charge on any atom is 0.189 e. The highest BCUT2D eigenvalue weighted by atomic mass is 35.5. The second kappa shape index (κ2) is 9.15. The van der Waals surface area contributed by atoms with Crippen LogP contribution < -0.4 is 18.9 Å². The fourth-order valence-corrected chi connectivity index (χ4v) is 2.70. The SMILES string of the molecule is CCOc1cccc(/C=C/C(=O)c2cc(Cl)c(OC)cc2OC)c1OC. The summed E-state index contributed by atoms with van der Waals surface area (Å²) < 4.78 is 21.4. The van der Waals surface area contributed by atoms with Gasteiger partial charge in [-0.1, -0.05) is 23.7 Å². The molecule has 0 spiro atoms. The van der Waals surface area contributed by atoms with Crippen molar-refractivity contribution in [1.82, 2.24) is 0 Å². The van der Waals surface area contributed by atoms with Crippen LogP contribution in [0.5, 0.6) is 23.0 Å². The number of methoxy groups -OCH3 is 3. The summed E-state index contributed by atoms with van der Waals surface area (Å²) in [6.07, 6.45) is 3.11. The van der Waals surface area contributed by atoms with Gasteiger partial charge in [0.05, 0.1) is 38.5 Å². The fourth-order valence-electron chi connectivity index (χ4n) is 2.46. The summed E-state index contributed by atoms with van der Waals surface area (Å²) in [5, 5.41) is 0.334. The van der Waals surface area contributed by atoms with Crippen LogP contribution in [0.1, 0.15) is 22.8 Å². The molecule has 138 valence electrons. The molecule has 0 saturated carbocycles. The molecule has 0 saturated heterocycles. The highest BCUT2D eigenvalue weighted by molar-refractivity contribution is 6.32. The second-order valence-electron chi connectivity index (χ2n) is 5.20. The van der Waals surface area contributed by atoms with Gasteiger partial charge in [0.15, 0.2) is 17.3 Å². The van der Waals surface area contributed by atoms with E-state index >= 15 is 0 Å². The molecule has 2 aromatic carbocycles. The first-order valence-electron chi connectivity index (χ1n) is 7.99. The van der Waals surface area contributed by atoms with Gasteiger partial charge in [-0.2, -0.15) is 0 Å². The van der Waals surface area contributed by atoms with Crippen molar-refractivity contribution in [3.8, 4) is 23.0 Å². The quantitative estimate of drug-likeness (QED) is 0.495. The van der Waals surface area contributed by atoms with Crippen LogP contribution in [0.15, 0.2) is 36.4 Å². The van der Waals surface area contributed by atoms with Crippen LogP contribution in [0.25, 0.3) is 6.08 Å². The summed E-state index contributed by atoms with van der Waals surface area (Å²) in [5.41, 5.74) is 1.07. The van der Waals surface area contributed by atoms with Crippen molar-refractivity contribution in [2.75, 3.05) is 27.9 Å². The van der Waals surface area contributed by atoms with Crippen LogP contribution in [-0.2, 0) is 0 Å². The summed E-state index contributed by atoms with van der Waals surface area (Å²) in [6, 6.07) is 8.60. The number of ether oxygens (including phenoxy) is 4. The highest BCUT2D eigenvalue weighted by Crippen LogP contribution is 2.34. The van der Waals surface area contributed by atoms with Crippen molar-refractivity contribution in [1.29, 1.82) is 0 Å². The molecule has 0 atom stereocenters. The number of halogens is 1. The first-order valence-corrected chi connectivity index (χ1v) is 8.37. The van der Waals surface area contributed by atoms with Crippen molar-refractivity contribution in [3.63, 3.8) is 0 Å². The van der Waals surface area contributed by atoms with Crippen molar-refractivity contribution in [2.45, 2.75) is 6.92 Å². The smallest absolute Gasteiger partial charge is 0.189 e. The van der Waals surface area contributed by atoms with Crippen molar-refractivity contribution >= 4 is 23.5 Å². The van der Waals surface area contributed by atoms with E-state index in [9.17, 15) is 4.79 Å². The largest absolute Gasteiger partial charge is 0.496 e. The molecule has 6 heteroatoms. The Hall–Kier alpha value is -2.66. The number of carbonyl (C=O) groups is 1. The van der Waals surface area contributed by atoms with Gasteiger partial charge in [0.1, 0.15) is 11.5 Å². The van der Waals surface area contributed by atoms with Crippen LogP contribution >= 0.6 is 11.6 Å². The average molecular weight is 377 g/mol. The Morgan fingerprint density at radius 2 is 1.77 bits per heavy atom. The molecular weight excluding hydrogens is 356 g/mol. The standard InChI is InChI=1S/C20H21ClO5/c1-5-26-17-8-6-7-13(20(17)25-4)9-10-16(22)14-11-15(21)19(24-3)12-18(14)23-2/h6-12H,5H2,1-4H3/b10-9+. The zero-order chi connectivity index (χ0) is 19.1. The third-order valence-electron chi connectivity index (χ3n) is 3.67. The molecule has 0 unspecified atom stereocenters. The number of hydrogen-bond donors (Lipinski definition) is 0. The van der Waals surface area contributed by atoms with Crippen LogP contribution in [0, 0.1) is 0 Å². The van der Waals surface area contributed by atoms with Gasteiger partial charge in [0.2, 0.25) is 0 Å². The Kier molecular flexibility index (Phi) is 6.92. The zero-order valence-electron chi connectivity index (χ0n) is 15.2. The summed E-state index contributed by atoms with van der Waals surface area (Å²) in [5.74, 6) is 1.76.